The average molecular weight is 444 g/mol. The minimum atomic E-state index is -0.594. The Balaban J connectivity index is 1.58. The Kier molecular flexibility index (Phi) is 7.24. The van der Waals surface area contributed by atoms with Crippen LogP contribution in [0.25, 0.3) is 0 Å². The maximum absolute atomic E-state index is 13.8. The molecule has 8 nitrogen and oxygen atoms in total. The predicted octanol–water partition coefficient (Wildman–Crippen LogP) is 3.18. The smallest absolute Gasteiger partial charge is 0.254 e. The van der Waals surface area contributed by atoms with E-state index in [1.165, 1.54) is 30.0 Å². The molecule has 0 aliphatic rings. The molecule has 31 heavy (non-hydrogen) atoms. The van der Waals surface area contributed by atoms with Gasteiger partial charge in [0, 0.05) is 18.8 Å². The van der Waals surface area contributed by atoms with Crippen LogP contribution in [0.2, 0.25) is 0 Å². The first kappa shape index (κ1) is 22.3. The largest absolute Gasteiger partial charge is 0.497 e. The molecular weight excluding hydrogens is 421 g/mol. The molecule has 3 rings (SSSR count). The third-order valence-corrected chi connectivity index (χ3v) is 5.43. The minimum Gasteiger partial charge on any atom is -0.497 e. The first-order valence-corrected chi connectivity index (χ1v) is 10.4. The van der Waals surface area contributed by atoms with Gasteiger partial charge >= 0.3 is 0 Å². The van der Waals surface area contributed by atoms with E-state index in [1.807, 2.05) is 0 Å². The van der Waals surface area contributed by atoms with Crippen LogP contribution < -0.4 is 15.4 Å². The van der Waals surface area contributed by atoms with Gasteiger partial charge in [-0.1, -0.05) is 30.0 Å². The molecule has 1 unspecified atom stereocenters. The molecule has 162 valence electrons. The summed E-state index contributed by atoms with van der Waals surface area (Å²) in [5, 5.41) is 14.2. The van der Waals surface area contributed by atoms with Crippen molar-refractivity contribution in [2.75, 3.05) is 18.2 Å². The maximum Gasteiger partial charge on any atom is 0.254 e. The molecule has 0 aliphatic carbocycles. The highest BCUT2D eigenvalue weighted by Crippen LogP contribution is 2.21. The molecule has 0 bridgehead atoms. The van der Waals surface area contributed by atoms with Gasteiger partial charge in [-0.15, -0.1) is 10.2 Å². The molecule has 3 aromatic rings. The predicted molar refractivity (Wildman–Crippen MR) is 116 cm³/mol. The second kappa shape index (κ2) is 10.1. The first-order valence-electron chi connectivity index (χ1n) is 9.40. The molecule has 1 atom stereocenters. The van der Waals surface area contributed by atoms with Crippen LogP contribution in [0.3, 0.4) is 0 Å². The first-order chi connectivity index (χ1) is 14.9. The van der Waals surface area contributed by atoms with Crippen molar-refractivity contribution >= 4 is 29.3 Å². The van der Waals surface area contributed by atoms with Crippen LogP contribution >= 0.6 is 11.8 Å². The highest BCUT2D eigenvalue weighted by molar-refractivity contribution is 7.99. The number of aromatic nitrogens is 3. The Morgan fingerprint density at radius 2 is 1.97 bits per heavy atom. The van der Waals surface area contributed by atoms with Crippen molar-refractivity contribution < 1.29 is 18.7 Å². The zero-order valence-electron chi connectivity index (χ0n) is 17.3. The molecule has 1 aromatic heterocycles. The molecule has 0 spiro atoms. The highest BCUT2D eigenvalue weighted by Gasteiger charge is 2.20. The summed E-state index contributed by atoms with van der Waals surface area (Å²) in [5.74, 6) is -0.0815. The summed E-state index contributed by atoms with van der Waals surface area (Å²) in [4.78, 5) is 24.6. The zero-order valence-corrected chi connectivity index (χ0v) is 18.1. The summed E-state index contributed by atoms with van der Waals surface area (Å²) in [7, 11) is 3.30. The van der Waals surface area contributed by atoms with Gasteiger partial charge in [0.25, 0.3) is 5.91 Å². The van der Waals surface area contributed by atoms with Gasteiger partial charge in [0.1, 0.15) is 11.6 Å². The van der Waals surface area contributed by atoms with E-state index in [0.717, 1.165) is 0 Å². The number of nitrogens with zero attached hydrogens (tertiary/aromatic N) is 3. The monoisotopic (exact) mass is 443 g/mol. The molecule has 0 saturated carbocycles. The number of methoxy groups -OCH3 is 1. The van der Waals surface area contributed by atoms with E-state index in [4.69, 9.17) is 4.74 Å². The summed E-state index contributed by atoms with van der Waals surface area (Å²) in [6.07, 6.45) is 0. The minimum absolute atomic E-state index is 0.0414. The lowest BCUT2D eigenvalue weighted by molar-refractivity contribution is -0.113. The van der Waals surface area contributed by atoms with Crippen molar-refractivity contribution in [3.63, 3.8) is 0 Å². The van der Waals surface area contributed by atoms with Crippen molar-refractivity contribution in [2.45, 2.75) is 18.1 Å². The molecule has 10 heteroatoms. The van der Waals surface area contributed by atoms with Crippen LogP contribution in [0, 0.1) is 5.82 Å². The lowest BCUT2D eigenvalue weighted by Crippen LogP contribution is -2.29. The van der Waals surface area contributed by atoms with Gasteiger partial charge in [-0.2, -0.15) is 0 Å². The Morgan fingerprint density at radius 1 is 1.19 bits per heavy atom. The average Bonchev–Trinajstić information content (AvgIpc) is 3.13. The number of carbonyl (C=O) groups is 2. The van der Waals surface area contributed by atoms with Crippen LogP contribution in [0.4, 0.5) is 10.1 Å². The number of carbonyl (C=O) groups excluding carboxylic acids is 2. The second-order valence-electron chi connectivity index (χ2n) is 6.64. The van der Waals surface area contributed by atoms with Crippen molar-refractivity contribution in [1.82, 2.24) is 20.1 Å². The molecule has 1 heterocycles. The van der Waals surface area contributed by atoms with E-state index in [9.17, 15) is 14.0 Å². The number of thioether (sulfide) groups is 1. The van der Waals surface area contributed by atoms with Gasteiger partial charge in [0.05, 0.1) is 24.5 Å². The Morgan fingerprint density at radius 3 is 2.71 bits per heavy atom. The third-order valence-electron chi connectivity index (χ3n) is 4.41. The second-order valence-corrected chi connectivity index (χ2v) is 7.59. The van der Waals surface area contributed by atoms with Gasteiger partial charge in [-0.05, 0) is 31.2 Å². The standard InChI is InChI=1S/C21H22FN5O3S/c1-13(23-20(29)16-9-4-5-10-17(16)22)19-25-26-21(27(19)2)31-12-18(28)24-14-7-6-8-15(11-14)30-3/h4-11,13H,12H2,1-3H3,(H,23,29)(H,24,28). The number of benzene rings is 2. The summed E-state index contributed by atoms with van der Waals surface area (Å²) in [6.45, 7) is 1.73. The normalized spacial score (nSPS) is 11.6. The van der Waals surface area contributed by atoms with Crippen molar-refractivity contribution in [3.05, 3.63) is 65.7 Å². The molecular formula is C21H22FN5O3S. The number of ether oxygens (including phenoxy) is 1. The fourth-order valence-electron chi connectivity index (χ4n) is 2.84. The Labute approximate surface area is 183 Å². The van der Waals surface area contributed by atoms with E-state index in [0.29, 0.717) is 22.4 Å². The van der Waals surface area contributed by atoms with E-state index >= 15 is 0 Å². The lowest BCUT2D eigenvalue weighted by Gasteiger charge is -2.14. The fraction of sp³-hybridized carbons (Fsp3) is 0.238. The van der Waals surface area contributed by atoms with Crippen LogP contribution in [0.15, 0.2) is 53.7 Å². The topological polar surface area (TPSA) is 98.1 Å². The number of hydrogen-bond donors (Lipinski definition) is 2. The van der Waals surface area contributed by atoms with Crippen LogP contribution in [0.1, 0.15) is 29.1 Å². The molecule has 0 fully saturated rings. The Hall–Kier alpha value is -3.40. The van der Waals surface area contributed by atoms with Crippen LogP contribution in [-0.2, 0) is 11.8 Å². The molecule has 0 radical (unpaired) electrons. The molecule has 0 saturated heterocycles. The number of rotatable bonds is 8. The van der Waals surface area contributed by atoms with Crippen molar-refractivity contribution in [1.29, 1.82) is 0 Å². The lowest BCUT2D eigenvalue weighted by atomic mass is 10.2. The van der Waals surface area contributed by atoms with Crippen molar-refractivity contribution in [3.8, 4) is 5.75 Å². The molecule has 2 amide bonds. The number of anilines is 1. The van der Waals surface area contributed by atoms with Gasteiger partial charge in [0.2, 0.25) is 5.91 Å². The van der Waals surface area contributed by atoms with Gasteiger partial charge in [-0.3, -0.25) is 9.59 Å². The summed E-state index contributed by atoms with van der Waals surface area (Å²) < 4.78 is 20.6. The molecule has 0 aliphatic heterocycles. The molecule has 2 aromatic carbocycles. The third kappa shape index (κ3) is 5.60. The van der Waals surface area contributed by atoms with E-state index < -0.39 is 17.8 Å². The SMILES string of the molecule is COc1cccc(NC(=O)CSc2nnc(C(C)NC(=O)c3ccccc3F)n2C)c1. The number of hydrogen-bond acceptors (Lipinski definition) is 6. The zero-order chi connectivity index (χ0) is 22.4. The highest BCUT2D eigenvalue weighted by atomic mass is 32.2. The summed E-state index contributed by atoms with van der Waals surface area (Å²) in [6, 6.07) is 12.3. The number of halogens is 1. The quantitative estimate of drug-likeness (QED) is 0.519. The van der Waals surface area contributed by atoms with Crippen molar-refractivity contribution in [2.24, 2.45) is 7.05 Å². The van der Waals surface area contributed by atoms with E-state index in [-0.39, 0.29) is 17.2 Å². The van der Waals surface area contributed by atoms with Gasteiger partial charge in [0.15, 0.2) is 11.0 Å². The number of amides is 2. The maximum atomic E-state index is 13.8. The van der Waals surface area contributed by atoms with E-state index in [1.54, 1.807) is 56.0 Å². The van der Waals surface area contributed by atoms with Gasteiger partial charge < -0.3 is 19.9 Å². The fourth-order valence-corrected chi connectivity index (χ4v) is 3.56. The number of nitrogens with one attached hydrogen (secondary N) is 2. The molecule has 2 N–H and O–H groups in total. The van der Waals surface area contributed by atoms with Crippen LogP contribution in [0.5, 0.6) is 5.75 Å². The van der Waals surface area contributed by atoms with Crippen LogP contribution in [-0.4, -0.2) is 39.4 Å². The summed E-state index contributed by atoms with van der Waals surface area (Å²) >= 11 is 1.21. The summed E-state index contributed by atoms with van der Waals surface area (Å²) in [5.41, 5.74) is 0.591. The van der Waals surface area contributed by atoms with Gasteiger partial charge in [-0.25, -0.2) is 4.39 Å². The van der Waals surface area contributed by atoms with E-state index in [2.05, 4.69) is 20.8 Å². The Bertz CT molecular complexity index is 1090.